The first-order valence-electron chi connectivity index (χ1n) is 17.4. The summed E-state index contributed by atoms with van der Waals surface area (Å²) < 4.78 is 0. The van der Waals surface area contributed by atoms with E-state index < -0.39 is 6.04 Å². The van der Waals surface area contributed by atoms with Crippen molar-refractivity contribution < 1.29 is 9.59 Å². The monoisotopic (exact) mass is 633 g/mol. The number of benzene rings is 3. The summed E-state index contributed by atoms with van der Waals surface area (Å²) in [6.45, 7) is 8.61. The highest BCUT2D eigenvalue weighted by Crippen LogP contribution is 2.25. The van der Waals surface area contributed by atoms with Gasteiger partial charge in [0.25, 0.3) is 0 Å². The summed E-state index contributed by atoms with van der Waals surface area (Å²) in [6, 6.07) is 23.0. The van der Waals surface area contributed by atoms with Crippen LogP contribution in [0.2, 0.25) is 0 Å². The minimum Gasteiger partial charge on any atom is -0.368 e. The van der Waals surface area contributed by atoms with Crippen molar-refractivity contribution in [2.45, 2.75) is 57.5 Å². The molecule has 0 unspecified atom stereocenters. The summed E-state index contributed by atoms with van der Waals surface area (Å²) in [5.41, 5.74) is 6.69. The van der Waals surface area contributed by atoms with Gasteiger partial charge in [-0.2, -0.15) is 5.10 Å². The molecule has 3 saturated heterocycles. The quantitative estimate of drug-likeness (QED) is 0.282. The third kappa shape index (κ3) is 7.15. The van der Waals surface area contributed by atoms with E-state index in [4.69, 9.17) is 0 Å². The number of nitrogens with one attached hydrogen (secondary N) is 2. The van der Waals surface area contributed by atoms with Gasteiger partial charge in [-0.05, 0) is 86.1 Å². The number of piperidine rings is 2. The number of hydrogen-bond acceptors (Lipinski definition) is 5. The number of carbonyl (C=O) groups is 2. The lowest BCUT2D eigenvalue weighted by molar-refractivity contribution is -0.134. The maximum Gasteiger partial charge on any atom is 0.318 e. The zero-order valence-electron chi connectivity index (χ0n) is 27.5. The van der Waals surface area contributed by atoms with E-state index in [1.807, 2.05) is 22.1 Å². The van der Waals surface area contributed by atoms with Crippen LogP contribution in [0.3, 0.4) is 0 Å². The van der Waals surface area contributed by atoms with Gasteiger partial charge in [0.15, 0.2) is 0 Å². The summed E-state index contributed by atoms with van der Waals surface area (Å²) in [4.78, 5) is 36.7. The third-order valence-corrected chi connectivity index (χ3v) is 10.4. The maximum absolute atomic E-state index is 14.1. The normalized spacial score (nSPS) is 18.8. The van der Waals surface area contributed by atoms with Crippen molar-refractivity contribution >= 4 is 28.5 Å². The fraction of sp³-hybridized carbons (Fsp3) is 0.447. The molecule has 9 heteroatoms. The van der Waals surface area contributed by atoms with E-state index in [1.54, 1.807) is 0 Å². The van der Waals surface area contributed by atoms with Gasteiger partial charge >= 0.3 is 6.03 Å². The van der Waals surface area contributed by atoms with Crippen molar-refractivity contribution in [2.24, 2.45) is 0 Å². The SMILES string of the molecule is Cc1cc(C[C@@H](NC(=O)N2CCN(c3ccc(-c4ccccc4)cc3)CC2)C(=O)N2CCC(N3CCCCC3)CC2)cc2cn[nH]c12. The number of amides is 3. The van der Waals surface area contributed by atoms with Gasteiger partial charge in [0.2, 0.25) is 5.91 Å². The van der Waals surface area contributed by atoms with Crippen LogP contribution < -0.4 is 10.2 Å². The molecular weight excluding hydrogens is 586 g/mol. The van der Waals surface area contributed by atoms with Crippen LogP contribution >= 0.6 is 0 Å². The van der Waals surface area contributed by atoms with Crippen LogP contribution in [-0.2, 0) is 11.2 Å². The fourth-order valence-corrected chi connectivity index (χ4v) is 7.72. The lowest BCUT2D eigenvalue weighted by atomic mass is 9.97. The molecular formula is C38H47N7O2. The van der Waals surface area contributed by atoms with Crippen LogP contribution in [0.15, 0.2) is 72.9 Å². The second-order valence-corrected chi connectivity index (χ2v) is 13.5. The predicted molar refractivity (Wildman–Crippen MR) is 188 cm³/mol. The minimum atomic E-state index is -0.624. The van der Waals surface area contributed by atoms with Crippen LogP contribution in [-0.4, -0.2) is 101 Å². The highest BCUT2D eigenvalue weighted by molar-refractivity contribution is 5.88. The summed E-state index contributed by atoms with van der Waals surface area (Å²) in [6.07, 6.45) is 8.16. The Labute approximate surface area is 277 Å². The Morgan fingerprint density at radius 1 is 0.830 bits per heavy atom. The molecule has 1 aromatic heterocycles. The van der Waals surface area contributed by atoms with Gasteiger partial charge in [0, 0.05) is 62.8 Å². The van der Waals surface area contributed by atoms with E-state index in [-0.39, 0.29) is 11.9 Å². The van der Waals surface area contributed by atoms with Gasteiger partial charge in [0.05, 0.1) is 11.7 Å². The van der Waals surface area contributed by atoms with Gasteiger partial charge in [-0.3, -0.25) is 9.89 Å². The minimum absolute atomic E-state index is 0.0255. The number of rotatable bonds is 7. The average molecular weight is 634 g/mol. The molecule has 7 rings (SSSR count). The number of aromatic nitrogens is 2. The highest BCUT2D eigenvalue weighted by Gasteiger charge is 2.33. The van der Waals surface area contributed by atoms with Crippen LogP contribution in [0.1, 0.15) is 43.2 Å². The zero-order chi connectivity index (χ0) is 32.2. The second-order valence-electron chi connectivity index (χ2n) is 13.5. The molecule has 3 aromatic carbocycles. The van der Waals surface area contributed by atoms with Gasteiger partial charge in [-0.1, -0.05) is 55.0 Å². The lowest BCUT2D eigenvalue weighted by Gasteiger charge is -2.41. The van der Waals surface area contributed by atoms with E-state index in [1.165, 1.54) is 43.5 Å². The van der Waals surface area contributed by atoms with Crippen molar-refractivity contribution in [1.29, 1.82) is 0 Å². The van der Waals surface area contributed by atoms with E-state index in [0.717, 1.165) is 66.7 Å². The molecule has 0 bridgehead atoms. The molecule has 3 aliphatic rings. The smallest absolute Gasteiger partial charge is 0.318 e. The van der Waals surface area contributed by atoms with Crippen molar-refractivity contribution in [3.05, 3.63) is 84.1 Å². The Bertz CT molecular complexity index is 1650. The molecule has 4 aromatic rings. The van der Waals surface area contributed by atoms with E-state index in [2.05, 4.69) is 92.9 Å². The maximum atomic E-state index is 14.1. The number of piperazine rings is 1. The zero-order valence-corrected chi connectivity index (χ0v) is 27.5. The van der Waals surface area contributed by atoms with Gasteiger partial charge < -0.3 is 24.9 Å². The summed E-state index contributed by atoms with van der Waals surface area (Å²) in [7, 11) is 0. The number of aromatic amines is 1. The first kappa shape index (κ1) is 31.2. The number of urea groups is 1. The van der Waals surface area contributed by atoms with Gasteiger partial charge in [-0.25, -0.2) is 4.79 Å². The average Bonchev–Trinajstić information content (AvgIpc) is 3.61. The number of H-pyrrole nitrogens is 1. The van der Waals surface area contributed by atoms with Gasteiger partial charge in [0.1, 0.15) is 6.04 Å². The summed E-state index contributed by atoms with van der Waals surface area (Å²) in [5, 5.41) is 11.5. The molecule has 0 saturated carbocycles. The number of aryl methyl sites for hydroxylation is 1. The first-order chi connectivity index (χ1) is 23.0. The second kappa shape index (κ2) is 14.2. The molecule has 3 aliphatic heterocycles. The Kier molecular flexibility index (Phi) is 9.42. The molecule has 47 heavy (non-hydrogen) atoms. The molecule has 0 radical (unpaired) electrons. The van der Waals surface area contributed by atoms with E-state index >= 15 is 0 Å². The molecule has 0 aliphatic carbocycles. The molecule has 9 nitrogen and oxygen atoms in total. The highest BCUT2D eigenvalue weighted by atomic mass is 16.2. The molecule has 3 fully saturated rings. The Morgan fingerprint density at radius 2 is 1.53 bits per heavy atom. The lowest BCUT2D eigenvalue weighted by Crippen LogP contribution is -2.58. The molecule has 2 N–H and O–H groups in total. The molecule has 1 atom stereocenters. The molecule has 3 amide bonds. The number of hydrogen-bond donors (Lipinski definition) is 2. The number of fused-ring (bicyclic) bond motifs is 1. The summed E-state index contributed by atoms with van der Waals surface area (Å²) in [5.74, 6) is 0.0255. The van der Waals surface area contributed by atoms with Gasteiger partial charge in [-0.15, -0.1) is 0 Å². The number of likely N-dealkylation sites (tertiary alicyclic amines) is 2. The van der Waals surface area contributed by atoms with Crippen LogP contribution in [0.25, 0.3) is 22.0 Å². The molecule has 246 valence electrons. The molecule has 0 spiro atoms. The largest absolute Gasteiger partial charge is 0.368 e. The van der Waals surface area contributed by atoms with E-state index in [9.17, 15) is 9.59 Å². The van der Waals surface area contributed by atoms with Crippen molar-refractivity contribution in [3.8, 4) is 11.1 Å². The number of anilines is 1. The summed E-state index contributed by atoms with van der Waals surface area (Å²) >= 11 is 0. The van der Waals surface area contributed by atoms with Crippen LogP contribution in [0.5, 0.6) is 0 Å². The Hall–Kier alpha value is -4.37. The van der Waals surface area contributed by atoms with E-state index in [0.29, 0.717) is 25.6 Å². The van der Waals surface area contributed by atoms with Crippen LogP contribution in [0.4, 0.5) is 10.5 Å². The standard InChI is InChI=1S/C38H47N7O2/c1-28-24-29(25-32-27-39-41-36(28)32)26-35(37(46)44-18-14-34(15-19-44)42-16-6-3-7-17-42)40-38(47)45-22-20-43(21-23-45)33-12-10-31(11-13-33)30-8-4-2-5-9-30/h2,4-5,8-13,24-25,27,34-35H,3,6-7,14-23,26H2,1H3,(H,39,41)(H,40,47)/t35-/m1/s1. The van der Waals surface area contributed by atoms with Crippen molar-refractivity contribution in [1.82, 2.24) is 30.2 Å². The Morgan fingerprint density at radius 3 is 2.26 bits per heavy atom. The first-order valence-corrected chi connectivity index (χ1v) is 17.4. The Balaban J connectivity index is 1.00. The number of carbonyl (C=O) groups excluding carboxylic acids is 2. The number of nitrogens with zero attached hydrogens (tertiary/aromatic N) is 5. The van der Waals surface area contributed by atoms with Crippen molar-refractivity contribution in [2.75, 3.05) is 57.3 Å². The topological polar surface area (TPSA) is 87.8 Å². The predicted octanol–water partition coefficient (Wildman–Crippen LogP) is 5.46. The fourth-order valence-electron chi connectivity index (χ4n) is 7.72. The molecule has 4 heterocycles. The van der Waals surface area contributed by atoms with Crippen LogP contribution in [0, 0.1) is 6.92 Å². The van der Waals surface area contributed by atoms with Crippen molar-refractivity contribution in [3.63, 3.8) is 0 Å². The third-order valence-electron chi connectivity index (χ3n) is 10.4.